The first-order valence-corrected chi connectivity index (χ1v) is 12.6. The number of carboxylic acids is 1. The van der Waals surface area contributed by atoms with Crippen LogP contribution in [0.4, 0.5) is 5.69 Å². The molecule has 0 amide bonds. The fourth-order valence-electron chi connectivity index (χ4n) is 4.67. The van der Waals surface area contributed by atoms with Crippen molar-refractivity contribution in [1.29, 1.82) is 0 Å². The van der Waals surface area contributed by atoms with Gasteiger partial charge in [-0.1, -0.05) is 48.5 Å². The number of nitrogens with zero attached hydrogens (tertiary/aromatic N) is 1. The zero-order chi connectivity index (χ0) is 22.3. The van der Waals surface area contributed by atoms with Crippen LogP contribution < -0.4 is 5.32 Å². The quantitative estimate of drug-likeness (QED) is 0.387. The van der Waals surface area contributed by atoms with Crippen LogP contribution >= 0.6 is 34.0 Å². The maximum absolute atomic E-state index is 11.5. The number of likely N-dealkylation sites (N-methyl/N-ethyl adjacent to an activating group) is 1. The molecule has 9 heteroatoms. The molecule has 1 heterocycles. The molecule has 31 heavy (non-hydrogen) atoms. The summed E-state index contributed by atoms with van der Waals surface area (Å²) in [6.07, 6.45) is 5.73. The molecule has 6 nitrogen and oxygen atoms in total. The van der Waals surface area contributed by atoms with E-state index >= 15 is 0 Å². The van der Waals surface area contributed by atoms with E-state index in [0.717, 1.165) is 12.8 Å². The van der Waals surface area contributed by atoms with E-state index < -0.39 is 16.7 Å². The lowest BCUT2D eigenvalue weighted by Crippen LogP contribution is -2.43. The van der Waals surface area contributed by atoms with Gasteiger partial charge in [0.25, 0.3) is 0 Å². The summed E-state index contributed by atoms with van der Waals surface area (Å²) in [5.41, 5.74) is 1.61. The van der Waals surface area contributed by atoms with E-state index in [-0.39, 0.29) is 16.6 Å². The number of hydrogen-bond donors (Lipinski definition) is 4. The molecule has 2 aliphatic rings. The second-order valence-corrected chi connectivity index (χ2v) is 11.1. The Morgan fingerprint density at radius 2 is 1.81 bits per heavy atom. The minimum absolute atomic E-state index is 0.00549. The monoisotopic (exact) mass is 484 g/mol. The zero-order valence-corrected chi connectivity index (χ0v) is 19.5. The smallest absolute Gasteiger partial charge is 0.337 e. The Labute approximate surface area is 193 Å². The molecule has 0 radical (unpaired) electrons. The van der Waals surface area contributed by atoms with Gasteiger partial charge in [0.2, 0.25) is 0 Å². The molecule has 0 saturated heterocycles. The van der Waals surface area contributed by atoms with Gasteiger partial charge in [-0.3, -0.25) is 9.11 Å². The molecule has 2 aromatic carbocycles. The average molecular weight is 485 g/mol. The Balaban J connectivity index is 1.76. The summed E-state index contributed by atoms with van der Waals surface area (Å²) < 4.78 is 24.3. The highest BCUT2D eigenvalue weighted by Crippen LogP contribution is 2.58. The van der Waals surface area contributed by atoms with E-state index in [2.05, 4.69) is 5.32 Å². The van der Waals surface area contributed by atoms with E-state index in [1.54, 1.807) is 29.6 Å². The SMILES string of the molecule is CN1C(C2CCCCC2)CNc2cc(Cl)c(-c3ccc(Cl)c(C(=O)O)c3)cc2S1(O)O. The van der Waals surface area contributed by atoms with Crippen LogP contribution in [0.5, 0.6) is 0 Å². The zero-order valence-electron chi connectivity index (χ0n) is 17.1. The summed E-state index contributed by atoms with van der Waals surface area (Å²) in [6.45, 7) is 0.601. The van der Waals surface area contributed by atoms with Crippen LogP contribution in [0.2, 0.25) is 10.0 Å². The predicted molar refractivity (Wildman–Crippen MR) is 127 cm³/mol. The Hall–Kier alpha value is -1.48. The van der Waals surface area contributed by atoms with Gasteiger partial charge in [0.05, 0.1) is 26.2 Å². The lowest BCUT2D eigenvalue weighted by molar-refractivity contribution is 0.0697. The molecular weight excluding hydrogens is 459 g/mol. The van der Waals surface area contributed by atoms with E-state index in [1.807, 2.05) is 0 Å². The summed E-state index contributed by atoms with van der Waals surface area (Å²) in [5, 5.41) is 13.3. The molecule has 1 saturated carbocycles. The van der Waals surface area contributed by atoms with Crippen LogP contribution in [0.15, 0.2) is 35.2 Å². The number of halogens is 2. The Morgan fingerprint density at radius 3 is 2.48 bits per heavy atom. The fraction of sp³-hybridized carbons (Fsp3) is 0.409. The van der Waals surface area contributed by atoms with Gasteiger partial charge in [-0.2, -0.15) is 4.31 Å². The first kappa shape index (κ1) is 22.7. The number of aromatic carboxylic acids is 1. The van der Waals surface area contributed by atoms with Crippen molar-refractivity contribution in [2.24, 2.45) is 5.92 Å². The van der Waals surface area contributed by atoms with Crippen LogP contribution in [0.3, 0.4) is 0 Å². The number of anilines is 1. The van der Waals surface area contributed by atoms with Crippen molar-refractivity contribution in [2.45, 2.75) is 43.0 Å². The molecule has 1 atom stereocenters. The van der Waals surface area contributed by atoms with E-state index in [0.29, 0.717) is 39.2 Å². The molecule has 4 rings (SSSR count). The van der Waals surface area contributed by atoms with Crippen molar-refractivity contribution in [3.63, 3.8) is 0 Å². The van der Waals surface area contributed by atoms with Crippen LogP contribution in [0.1, 0.15) is 42.5 Å². The van der Waals surface area contributed by atoms with Crippen molar-refractivity contribution < 1.29 is 19.0 Å². The first-order chi connectivity index (χ1) is 14.7. The van der Waals surface area contributed by atoms with E-state index in [4.69, 9.17) is 23.2 Å². The summed E-state index contributed by atoms with van der Waals surface area (Å²) >= 11 is 12.6. The maximum Gasteiger partial charge on any atom is 0.337 e. The van der Waals surface area contributed by atoms with Crippen molar-refractivity contribution >= 4 is 45.6 Å². The third-order valence-corrected chi connectivity index (χ3v) is 9.08. The van der Waals surface area contributed by atoms with Crippen molar-refractivity contribution in [2.75, 3.05) is 18.9 Å². The third-order valence-electron chi connectivity index (χ3n) is 6.44. The van der Waals surface area contributed by atoms with Crippen LogP contribution in [-0.4, -0.2) is 44.1 Å². The standard InChI is InChI=1S/C22H26Cl2N2O4S/c1-26-20(13-5-3-2-4-6-13)12-25-19-11-18(24)15(10-21(19)31(26,29)30)14-7-8-17(23)16(9-14)22(27)28/h7-11,13,20,25,29-30H,2-6,12H2,1H3,(H,27,28). The molecular formula is C22H26Cl2N2O4S. The number of nitrogens with one attached hydrogen (secondary N) is 1. The second-order valence-electron chi connectivity index (χ2n) is 8.24. The highest BCUT2D eigenvalue weighted by molar-refractivity contribution is 8.22. The number of fused-ring (bicyclic) bond motifs is 1. The average Bonchev–Trinajstić information content (AvgIpc) is 2.83. The van der Waals surface area contributed by atoms with E-state index in [1.165, 1.54) is 31.4 Å². The molecule has 0 bridgehead atoms. The van der Waals surface area contributed by atoms with Crippen molar-refractivity contribution in [3.05, 3.63) is 45.9 Å². The maximum atomic E-state index is 11.5. The predicted octanol–water partition coefficient (Wildman–Crippen LogP) is 6.69. The Morgan fingerprint density at radius 1 is 1.10 bits per heavy atom. The lowest BCUT2D eigenvalue weighted by atomic mass is 9.84. The normalized spacial score (nSPS) is 22.8. The number of rotatable bonds is 3. The van der Waals surface area contributed by atoms with Crippen molar-refractivity contribution in [3.8, 4) is 11.1 Å². The highest BCUT2D eigenvalue weighted by atomic mass is 35.5. The van der Waals surface area contributed by atoms with Gasteiger partial charge in [-0.05, 0) is 48.6 Å². The number of hydrogen-bond acceptors (Lipinski definition) is 5. The van der Waals surface area contributed by atoms with Crippen LogP contribution in [0.25, 0.3) is 11.1 Å². The Bertz CT molecular complexity index is 1010. The number of benzene rings is 2. The fourth-order valence-corrected chi connectivity index (χ4v) is 6.77. The van der Waals surface area contributed by atoms with Gasteiger partial charge in [-0.15, -0.1) is 10.8 Å². The molecule has 1 fully saturated rings. The highest BCUT2D eigenvalue weighted by Gasteiger charge is 2.38. The topological polar surface area (TPSA) is 93.0 Å². The molecule has 1 unspecified atom stereocenters. The van der Waals surface area contributed by atoms with Gasteiger partial charge in [0.1, 0.15) is 0 Å². The molecule has 1 aliphatic carbocycles. The minimum atomic E-state index is -3.27. The summed E-state index contributed by atoms with van der Waals surface area (Å²) in [4.78, 5) is 11.9. The largest absolute Gasteiger partial charge is 0.478 e. The van der Waals surface area contributed by atoms with E-state index in [9.17, 15) is 19.0 Å². The van der Waals surface area contributed by atoms with Gasteiger partial charge in [0.15, 0.2) is 0 Å². The van der Waals surface area contributed by atoms with Gasteiger partial charge in [0, 0.05) is 25.2 Å². The lowest BCUT2D eigenvalue weighted by Gasteiger charge is -2.46. The Kier molecular flexibility index (Phi) is 6.45. The van der Waals surface area contributed by atoms with Crippen molar-refractivity contribution in [1.82, 2.24) is 4.31 Å². The molecule has 168 valence electrons. The third kappa shape index (κ3) is 4.27. The van der Waals surface area contributed by atoms with Gasteiger partial charge >= 0.3 is 5.97 Å². The summed E-state index contributed by atoms with van der Waals surface area (Å²) in [7, 11) is -1.50. The van der Waals surface area contributed by atoms with Crippen LogP contribution in [0, 0.1) is 5.92 Å². The minimum Gasteiger partial charge on any atom is -0.478 e. The molecule has 4 N–H and O–H groups in total. The molecule has 1 aliphatic heterocycles. The first-order valence-electron chi connectivity index (χ1n) is 10.3. The summed E-state index contributed by atoms with van der Waals surface area (Å²) in [5.74, 6) is -0.741. The number of carbonyl (C=O) groups is 1. The molecule has 0 aromatic heterocycles. The molecule has 2 aromatic rings. The number of carboxylic acid groups (broad SMARTS) is 1. The van der Waals surface area contributed by atoms with Gasteiger partial charge in [-0.25, -0.2) is 4.79 Å². The second kappa shape index (κ2) is 8.81. The molecule has 0 spiro atoms. The van der Waals surface area contributed by atoms with Crippen LogP contribution in [-0.2, 0) is 0 Å². The summed E-state index contributed by atoms with van der Waals surface area (Å²) in [6, 6.07) is 7.95. The van der Waals surface area contributed by atoms with Gasteiger partial charge < -0.3 is 10.4 Å².